The number of nitrogens with zero attached hydrogens (tertiary/aromatic N) is 3. The minimum atomic E-state index is -0.955. The van der Waals surface area contributed by atoms with E-state index < -0.39 is 40.8 Å². The van der Waals surface area contributed by atoms with Gasteiger partial charge in [-0.3, -0.25) is 14.5 Å². The quantitative estimate of drug-likeness (QED) is 0.0345. The molecule has 0 spiro atoms. The summed E-state index contributed by atoms with van der Waals surface area (Å²) in [7, 11) is 0. The smallest absolute Gasteiger partial charge is 0.356 e. The highest BCUT2D eigenvalue weighted by atomic mass is 32.2. The van der Waals surface area contributed by atoms with Crippen molar-refractivity contribution >= 4 is 51.7 Å². The lowest BCUT2D eigenvalue weighted by atomic mass is 9.77. The van der Waals surface area contributed by atoms with Crippen molar-refractivity contribution in [1.29, 1.82) is 0 Å². The molecule has 5 aromatic carbocycles. The highest BCUT2D eigenvalue weighted by Gasteiger charge is 2.55. The van der Waals surface area contributed by atoms with Crippen LogP contribution in [0.4, 0.5) is 5.13 Å². The Kier molecular flexibility index (Phi) is 12.8. The lowest BCUT2D eigenvalue weighted by molar-refractivity contribution is -0.154. The van der Waals surface area contributed by atoms with Crippen LogP contribution in [0, 0.1) is 0 Å². The zero-order valence-electron chi connectivity index (χ0n) is 34.4. The Morgan fingerprint density at radius 1 is 0.806 bits per heavy atom. The molecule has 1 fully saturated rings. The summed E-state index contributed by atoms with van der Waals surface area (Å²) in [6, 6.07) is 48.5. The number of amides is 2. The second-order valence-corrected chi connectivity index (χ2v) is 16.9. The molecular weight excluding hydrogens is 815 g/mol. The third-order valence-electron chi connectivity index (χ3n) is 10.5. The third-order valence-corrected chi connectivity index (χ3v) is 12.6. The maximum absolute atomic E-state index is 14.3. The second kappa shape index (κ2) is 18.9. The lowest BCUT2D eigenvalue weighted by Gasteiger charge is -2.49. The summed E-state index contributed by atoms with van der Waals surface area (Å²) in [6.45, 7) is 5.47. The normalized spacial score (nSPS) is 16.6. The van der Waals surface area contributed by atoms with Crippen LogP contribution in [0.2, 0.25) is 0 Å². The largest absolute Gasteiger partial charge is 0.448 e. The molecule has 2 aliphatic rings. The summed E-state index contributed by atoms with van der Waals surface area (Å²) in [4.78, 5) is 54.7. The summed E-state index contributed by atoms with van der Waals surface area (Å²) in [5.41, 5.74) is 4.71. The van der Waals surface area contributed by atoms with E-state index in [4.69, 9.17) is 14.6 Å². The van der Waals surface area contributed by atoms with Gasteiger partial charge in [0.25, 0.3) is 11.8 Å². The van der Waals surface area contributed by atoms with E-state index in [-0.39, 0.29) is 23.2 Å². The molecule has 1 unspecified atom stereocenters. The zero-order valence-corrected chi connectivity index (χ0v) is 36.0. The van der Waals surface area contributed by atoms with Gasteiger partial charge in [0.15, 0.2) is 16.9 Å². The molecule has 3 heterocycles. The average Bonchev–Trinajstić information content (AvgIpc) is 3.78. The number of allylic oxidation sites excluding steroid dienone is 2. The van der Waals surface area contributed by atoms with Crippen LogP contribution < -0.4 is 10.6 Å². The van der Waals surface area contributed by atoms with Crippen molar-refractivity contribution < 1.29 is 24.0 Å². The second-order valence-electron chi connectivity index (χ2n) is 14.9. The molecule has 0 radical (unpaired) electrons. The standard InChI is InChI=1S/C50H45N5O5S2/c1-4-20-36-31-61-47-42(46(57)55(47)43(36)48(58)59-44(34-21-10-5-11-22-34)35-23-12-6-13-24-35)52-45(56)41(54-60-33(2)3)40-32-62-49(51-40)53-50(37-25-14-7-15-26-37,38-27-16-8-17-28-38)39-29-18-9-19-30-39/h4-30,32-33,42,44,47H,31H2,1-3H3,(H,51,53)(H,52,56)/b20-4-,54-41-/t42?,47-/m1/s1. The van der Waals surface area contributed by atoms with Crippen molar-refractivity contribution in [1.82, 2.24) is 15.2 Å². The zero-order chi connectivity index (χ0) is 43.1. The first kappa shape index (κ1) is 42.0. The van der Waals surface area contributed by atoms with Crippen LogP contribution in [0.3, 0.4) is 0 Å². The molecule has 1 aromatic heterocycles. The number of β-lactam (4-membered cyclic amide) rings is 1. The Bertz CT molecular complexity index is 2470. The van der Waals surface area contributed by atoms with E-state index in [9.17, 15) is 14.4 Å². The number of hydrogen-bond acceptors (Lipinski definition) is 10. The third kappa shape index (κ3) is 8.57. The van der Waals surface area contributed by atoms with E-state index in [1.165, 1.54) is 28.0 Å². The van der Waals surface area contributed by atoms with Gasteiger partial charge in [-0.1, -0.05) is 169 Å². The Morgan fingerprint density at radius 2 is 1.32 bits per heavy atom. The van der Waals surface area contributed by atoms with E-state index in [2.05, 4.69) is 52.2 Å². The number of aromatic nitrogens is 1. The van der Waals surface area contributed by atoms with Gasteiger partial charge < -0.3 is 20.2 Å². The van der Waals surface area contributed by atoms with Crippen molar-refractivity contribution in [2.24, 2.45) is 5.16 Å². The highest BCUT2D eigenvalue weighted by molar-refractivity contribution is 8.00. The van der Waals surface area contributed by atoms with Gasteiger partial charge in [0.2, 0.25) is 0 Å². The molecule has 312 valence electrons. The number of hydrogen-bond donors (Lipinski definition) is 2. The summed E-state index contributed by atoms with van der Waals surface area (Å²) in [5, 5.41) is 12.7. The number of anilines is 1. The first-order chi connectivity index (χ1) is 30.3. The van der Waals surface area contributed by atoms with Crippen molar-refractivity contribution in [2.45, 2.75) is 49.9 Å². The fraction of sp³-hybridized carbons (Fsp3) is 0.180. The lowest BCUT2D eigenvalue weighted by Crippen LogP contribution is -2.71. The summed E-state index contributed by atoms with van der Waals surface area (Å²) in [5.74, 6) is -1.29. The van der Waals surface area contributed by atoms with Crippen LogP contribution in [0.25, 0.3) is 0 Å². The number of thiazole rings is 1. The summed E-state index contributed by atoms with van der Waals surface area (Å²) >= 11 is 2.78. The van der Waals surface area contributed by atoms with E-state index in [0.29, 0.717) is 16.5 Å². The maximum Gasteiger partial charge on any atom is 0.356 e. The molecule has 0 saturated carbocycles. The molecule has 2 N–H and O–H groups in total. The van der Waals surface area contributed by atoms with Crippen LogP contribution in [0.1, 0.15) is 60.4 Å². The SMILES string of the molecule is C/C=C\C1=C(C(=O)OC(c2ccccc2)c2ccccc2)N2C(=O)C(NC(=O)/C(=N\OC(C)C)c3csc(NC(c4ccccc4)(c4ccccc4)c4ccccc4)n3)[C@H]2SC1. The molecular formula is C50H45N5O5S2. The van der Waals surface area contributed by atoms with E-state index in [1.807, 2.05) is 148 Å². The molecule has 6 aromatic rings. The minimum absolute atomic E-state index is 0.0851. The monoisotopic (exact) mass is 859 g/mol. The van der Waals surface area contributed by atoms with Gasteiger partial charge in [-0.15, -0.1) is 23.1 Å². The first-order valence-corrected chi connectivity index (χ1v) is 22.3. The van der Waals surface area contributed by atoms with Crippen LogP contribution in [0.5, 0.6) is 0 Å². The highest BCUT2D eigenvalue weighted by Crippen LogP contribution is 2.43. The number of thioether (sulfide) groups is 1. The van der Waals surface area contributed by atoms with E-state index >= 15 is 0 Å². The van der Waals surface area contributed by atoms with Crippen LogP contribution in [-0.4, -0.2) is 56.7 Å². The van der Waals surface area contributed by atoms with Crippen LogP contribution in [-0.2, 0) is 29.5 Å². The van der Waals surface area contributed by atoms with Gasteiger partial charge >= 0.3 is 5.97 Å². The molecule has 2 amide bonds. The Hall–Kier alpha value is -6.76. The molecule has 2 aliphatic heterocycles. The number of benzene rings is 5. The number of oxime groups is 1. The van der Waals surface area contributed by atoms with Crippen molar-refractivity contribution in [3.05, 3.63) is 214 Å². The molecule has 12 heteroatoms. The fourth-order valence-electron chi connectivity index (χ4n) is 7.66. The number of carbonyl (C=O) groups excluding carboxylic acids is 3. The molecule has 62 heavy (non-hydrogen) atoms. The number of carbonyl (C=O) groups is 3. The number of nitrogens with one attached hydrogen (secondary N) is 2. The molecule has 1 saturated heterocycles. The van der Waals surface area contributed by atoms with Gasteiger partial charge in [-0.25, -0.2) is 9.78 Å². The molecule has 0 aliphatic carbocycles. The van der Waals surface area contributed by atoms with Gasteiger partial charge in [-0.2, -0.15) is 0 Å². The molecule has 10 nitrogen and oxygen atoms in total. The van der Waals surface area contributed by atoms with E-state index in [0.717, 1.165) is 27.8 Å². The molecule has 8 rings (SSSR count). The van der Waals surface area contributed by atoms with Gasteiger partial charge in [-0.05, 0) is 54.2 Å². The number of fused-ring (bicyclic) bond motifs is 1. The maximum atomic E-state index is 14.3. The van der Waals surface area contributed by atoms with Crippen molar-refractivity contribution in [3.63, 3.8) is 0 Å². The minimum Gasteiger partial charge on any atom is -0.448 e. The Labute approximate surface area is 369 Å². The van der Waals surface area contributed by atoms with Gasteiger partial charge in [0.05, 0.1) is 0 Å². The summed E-state index contributed by atoms with van der Waals surface area (Å²) < 4.78 is 6.26. The first-order valence-electron chi connectivity index (χ1n) is 20.3. The molecule has 2 atom stereocenters. The Morgan fingerprint density at radius 3 is 1.82 bits per heavy atom. The predicted octanol–water partition coefficient (Wildman–Crippen LogP) is 9.24. The van der Waals surface area contributed by atoms with Gasteiger partial charge in [0, 0.05) is 11.1 Å². The number of esters is 1. The fourth-order valence-corrected chi connectivity index (χ4v) is 9.73. The molecule has 0 bridgehead atoms. The van der Waals surface area contributed by atoms with Crippen LogP contribution in [0.15, 0.2) is 186 Å². The predicted molar refractivity (Wildman–Crippen MR) is 245 cm³/mol. The topological polar surface area (TPSA) is 122 Å². The van der Waals surface area contributed by atoms with Crippen molar-refractivity contribution in [3.8, 4) is 0 Å². The van der Waals surface area contributed by atoms with Gasteiger partial charge in [0.1, 0.15) is 34.4 Å². The number of rotatable bonds is 15. The average molecular weight is 860 g/mol. The van der Waals surface area contributed by atoms with Crippen molar-refractivity contribution in [2.75, 3.05) is 11.1 Å². The van der Waals surface area contributed by atoms with Crippen LogP contribution >= 0.6 is 23.1 Å². The number of ether oxygens (including phenoxy) is 1. The van der Waals surface area contributed by atoms with E-state index in [1.54, 1.807) is 5.38 Å². The Balaban J connectivity index is 1.06. The summed E-state index contributed by atoms with van der Waals surface area (Å²) in [6.07, 6.45) is 2.60.